The highest BCUT2D eigenvalue weighted by molar-refractivity contribution is 5.88. The zero-order valence-electron chi connectivity index (χ0n) is 13.5. The second-order valence-electron chi connectivity index (χ2n) is 6.32. The Morgan fingerprint density at radius 3 is 2.83 bits per heavy atom. The molecule has 1 aliphatic rings. The fourth-order valence-electron chi connectivity index (χ4n) is 3.50. The molecule has 4 rings (SSSR count). The third-order valence-electron chi connectivity index (χ3n) is 4.87. The molecule has 0 bridgehead atoms. The minimum atomic E-state index is 0.206. The van der Waals surface area contributed by atoms with Crippen molar-refractivity contribution >= 4 is 16.8 Å². The number of aromatic amines is 1. The van der Waals surface area contributed by atoms with E-state index < -0.39 is 0 Å². The van der Waals surface area contributed by atoms with Crippen LogP contribution < -0.4 is 0 Å². The number of hydrogen-bond acceptors (Lipinski definition) is 3. The molecule has 0 spiro atoms. The van der Waals surface area contributed by atoms with Crippen LogP contribution in [0.15, 0.2) is 49.1 Å². The number of likely N-dealkylation sites (tertiary alicyclic amines) is 1. The van der Waals surface area contributed by atoms with Gasteiger partial charge in [-0.05, 0) is 24.5 Å². The first kappa shape index (κ1) is 14.9. The fraction of sp³-hybridized carbons (Fsp3) is 0.316. The number of fused-ring (bicyclic) bond motifs is 1. The lowest BCUT2D eigenvalue weighted by Crippen LogP contribution is -2.38. The number of benzene rings is 1. The molecule has 0 saturated carbocycles. The number of piperidine rings is 1. The molecule has 1 fully saturated rings. The van der Waals surface area contributed by atoms with Gasteiger partial charge in [0.2, 0.25) is 5.91 Å². The standard InChI is InChI=1S/C19H20N4O/c24-19(11-15-12-22-17-4-2-1-3-16(15)17)23-9-5-14(6-10-23)18-13-20-7-8-21-18/h1-4,7-8,12-14,22H,5-6,9-11H2. The van der Waals surface area contributed by atoms with E-state index in [1.54, 1.807) is 12.4 Å². The number of aromatic nitrogens is 3. The Morgan fingerprint density at radius 1 is 1.21 bits per heavy atom. The van der Waals surface area contributed by atoms with Crippen molar-refractivity contribution in [3.8, 4) is 0 Å². The summed E-state index contributed by atoms with van der Waals surface area (Å²) in [7, 11) is 0. The van der Waals surface area contributed by atoms with Crippen molar-refractivity contribution in [2.24, 2.45) is 0 Å². The topological polar surface area (TPSA) is 61.9 Å². The summed E-state index contributed by atoms with van der Waals surface area (Å²) in [4.78, 5) is 26.4. The van der Waals surface area contributed by atoms with Crippen LogP contribution in [0.25, 0.3) is 10.9 Å². The maximum Gasteiger partial charge on any atom is 0.227 e. The summed E-state index contributed by atoms with van der Waals surface area (Å²) < 4.78 is 0. The molecular weight excluding hydrogens is 300 g/mol. The van der Waals surface area contributed by atoms with Crippen molar-refractivity contribution in [1.82, 2.24) is 19.9 Å². The largest absolute Gasteiger partial charge is 0.361 e. The summed E-state index contributed by atoms with van der Waals surface area (Å²) >= 11 is 0. The Kier molecular flexibility index (Phi) is 3.99. The van der Waals surface area contributed by atoms with Gasteiger partial charge < -0.3 is 9.88 Å². The van der Waals surface area contributed by atoms with Gasteiger partial charge in [-0.2, -0.15) is 0 Å². The molecular formula is C19H20N4O. The summed E-state index contributed by atoms with van der Waals surface area (Å²) in [6, 6.07) is 8.11. The minimum Gasteiger partial charge on any atom is -0.361 e. The van der Waals surface area contributed by atoms with Gasteiger partial charge in [0.05, 0.1) is 12.1 Å². The van der Waals surface area contributed by atoms with Crippen LogP contribution in [0.4, 0.5) is 0 Å². The second-order valence-corrected chi connectivity index (χ2v) is 6.32. The molecule has 0 unspecified atom stereocenters. The van der Waals surface area contributed by atoms with Crippen molar-refractivity contribution in [2.45, 2.75) is 25.2 Å². The van der Waals surface area contributed by atoms with Crippen molar-refractivity contribution in [3.63, 3.8) is 0 Å². The molecule has 3 heterocycles. The van der Waals surface area contributed by atoms with Crippen LogP contribution in [0.5, 0.6) is 0 Å². The Balaban J connectivity index is 1.40. The van der Waals surface area contributed by atoms with Crippen molar-refractivity contribution in [3.05, 3.63) is 60.3 Å². The van der Waals surface area contributed by atoms with Crippen LogP contribution in [0.1, 0.15) is 30.0 Å². The van der Waals surface area contributed by atoms with E-state index in [2.05, 4.69) is 21.0 Å². The Labute approximate surface area is 140 Å². The van der Waals surface area contributed by atoms with Crippen LogP contribution >= 0.6 is 0 Å². The third kappa shape index (κ3) is 2.89. The maximum atomic E-state index is 12.6. The van der Waals surface area contributed by atoms with E-state index in [1.807, 2.05) is 35.5 Å². The van der Waals surface area contributed by atoms with Gasteiger partial charge >= 0.3 is 0 Å². The number of carbonyl (C=O) groups is 1. The average Bonchev–Trinajstić information content (AvgIpc) is 3.06. The lowest BCUT2D eigenvalue weighted by Gasteiger charge is -2.31. The third-order valence-corrected chi connectivity index (χ3v) is 4.87. The first-order valence-corrected chi connectivity index (χ1v) is 8.40. The van der Waals surface area contributed by atoms with Crippen molar-refractivity contribution in [1.29, 1.82) is 0 Å². The highest BCUT2D eigenvalue weighted by Gasteiger charge is 2.25. The van der Waals surface area contributed by atoms with Crippen LogP contribution in [0.3, 0.4) is 0 Å². The fourth-order valence-corrected chi connectivity index (χ4v) is 3.50. The van der Waals surface area contributed by atoms with E-state index in [4.69, 9.17) is 0 Å². The number of carbonyl (C=O) groups excluding carboxylic acids is 1. The molecule has 0 atom stereocenters. The molecule has 0 aliphatic carbocycles. The number of amides is 1. The zero-order chi connectivity index (χ0) is 16.4. The average molecular weight is 320 g/mol. The molecule has 3 aromatic rings. The SMILES string of the molecule is O=C(Cc1c[nH]c2ccccc12)N1CCC(c2cnccn2)CC1. The summed E-state index contributed by atoms with van der Waals surface area (Å²) in [5, 5.41) is 1.14. The normalized spacial score (nSPS) is 15.8. The Morgan fingerprint density at radius 2 is 2.04 bits per heavy atom. The quantitative estimate of drug-likeness (QED) is 0.807. The summed E-state index contributed by atoms with van der Waals surface area (Å²) in [5.41, 5.74) is 3.20. The predicted molar refractivity (Wildman–Crippen MR) is 92.6 cm³/mol. The van der Waals surface area contributed by atoms with Crippen LogP contribution in [0.2, 0.25) is 0 Å². The van der Waals surface area contributed by atoms with Gasteiger partial charge in [0.1, 0.15) is 0 Å². The van der Waals surface area contributed by atoms with Gasteiger partial charge in [-0.15, -0.1) is 0 Å². The molecule has 1 aliphatic heterocycles. The number of para-hydroxylation sites is 1. The van der Waals surface area contributed by atoms with Crippen LogP contribution in [-0.2, 0) is 11.2 Å². The number of nitrogens with one attached hydrogen (secondary N) is 1. The van der Waals surface area contributed by atoms with E-state index in [9.17, 15) is 4.79 Å². The van der Waals surface area contributed by atoms with Crippen LogP contribution in [0, 0.1) is 0 Å². The van der Waals surface area contributed by atoms with Gasteiger partial charge in [0, 0.05) is 54.7 Å². The molecule has 5 nitrogen and oxygen atoms in total. The molecule has 2 aromatic heterocycles. The minimum absolute atomic E-state index is 0.206. The zero-order valence-corrected chi connectivity index (χ0v) is 13.5. The molecule has 5 heteroatoms. The monoisotopic (exact) mass is 320 g/mol. The molecule has 1 amide bonds. The van der Waals surface area contributed by atoms with Gasteiger partial charge in [-0.1, -0.05) is 18.2 Å². The molecule has 122 valence electrons. The van der Waals surface area contributed by atoms with Crippen molar-refractivity contribution in [2.75, 3.05) is 13.1 Å². The van der Waals surface area contributed by atoms with E-state index in [0.717, 1.165) is 48.1 Å². The van der Waals surface area contributed by atoms with Gasteiger partial charge in [0.25, 0.3) is 0 Å². The highest BCUT2D eigenvalue weighted by atomic mass is 16.2. The molecule has 1 saturated heterocycles. The van der Waals surface area contributed by atoms with E-state index >= 15 is 0 Å². The molecule has 0 radical (unpaired) electrons. The van der Waals surface area contributed by atoms with Gasteiger partial charge in [0.15, 0.2) is 0 Å². The van der Waals surface area contributed by atoms with Gasteiger partial charge in [-0.3, -0.25) is 14.8 Å². The predicted octanol–water partition coefficient (Wildman–Crippen LogP) is 2.91. The summed E-state index contributed by atoms with van der Waals surface area (Å²) in [6.07, 6.45) is 9.60. The maximum absolute atomic E-state index is 12.6. The lowest BCUT2D eigenvalue weighted by molar-refractivity contribution is -0.131. The second kappa shape index (κ2) is 6.43. The Bertz CT molecular complexity index is 835. The molecule has 24 heavy (non-hydrogen) atoms. The number of rotatable bonds is 3. The van der Waals surface area contributed by atoms with Crippen molar-refractivity contribution < 1.29 is 4.79 Å². The smallest absolute Gasteiger partial charge is 0.227 e. The van der Waals surface area contributed by atoms with Crippen LogP contribution in [-0.4, -0.2) is 38.8 Å². The molecule has 1 aromatic carbocycles. The summed E-state index contributed by atoms with van der Waals surface area (Å²) in [5.74, 6) is 0.619. The van der Waals surface area contributed by atoms with E-state index in [0.29, 0.717) is 12.3 Å². The highest BCUT2D eigenvalue weighted by Crippen LogP contribution is 2.27. The Hall–Kier alpha value is -2.69. The van der Waals surface area contributed by atoms with E-state index in [-0.39, 0.29) is 5.91 Å². The number of H-pyrrole nitrogens is 1. The van der Waals surface area contributed by atoms with Gasteiger partial charge in [-0.25, -0.2) is 0 Å². The first-order valence-electron chi connectivity index (χ1n) is 8.40. The number of nitrogens with zero attached hydrogens (tertiary/aromatic N) is 3. The lowest BCUT2D eigenvalue weighted by atomic mass is 9.93. The van der Waals surface area contributed by atoms with E-state index in [1.165, 1.54) is 0 Å². The summed E-state index contributed by atoms with van der Waals surface area (Å²) in [6.45, 7) is 1.59. The number of hydrogen-bond donors (Lipinski definition) is 1. The first-order chi connectivity index (χ1) is 11.8. The molecule has 1 N–H and O–H groups in total.